The molecular weight excluding hydrogens is 110 g/mol. The minimum Gasteiger partial charge on any atom is -0.380 e. The Morgan fingerprint density at radius 1 is 1.44 bits per heavy atom. The highest BCUT2D eigenvalue weighted by atomic mass is 15.1. The predicted molar refractivity (Wildman–Crippen MR) is 42.3 cm³/mol. The van der Waals surface area contributed by atoms with Gasteiger partial charge in [0.2, 0.25) is 0 Å². The van der Waals surface area contributed by atoms with Gasteiger partial charge in [-0.25, -0.2) is 0 Å². The van der Waals surface area contributed by atoms with Crippen LogP contribution in [0.4, 0.5) is 0 Å². The van der Waals surface area contributed by atoms with E-state index in [-0.39, 0.29) is 0 Å². The van der Waals surface area contributed by atoms with Gasteiger partial charge in [-0.3, -0.25) is 0 Å². The second-order valence-corrected chi connectivity index (χ2v) is 3.66. The lowest BCUT2D eigenvalue weighted by molar-refractivity contribution is 0.286. The minimum atomic E-state index is 0.378. The first-order valence-electron chi connectivity index (χ1n) is 3.28. The van der Waals surface area contributed by atoms with Gasteiger partial charge >= 0.3 is 0 Å². The van der Waals surface area contributed by atoms with E-state index in [0.29, 0.717) is 5.41 Å². The Morgan fingerprint density at radius 3 is 2.00 bits per heavy atom. The summed E-state index contributed by atoms with van der Waals surface area (Å²) in [6, 6.07) is 0. The zero-order valence-corrected chi connectivity index (χ0v) is 6.94. The van der Waals surface area contributed by atoms with Crippen LogP contribution in [0, 0.1) is 5.41 Å². The first kappa shape index (κ1) is 8.54. The van der Waals surface area contributed by atoms with Crippen molar-refractivity contribution >= 4 is 0 Å². The average molecular weight is 127 g/mol. The fourth-order valence-electron chi connectivity index (χ4n) is 0.813. The Morgan fingerprint density at radius 2 is 1.89 bits per heavy atom. The van der Waals surface area contributed by atoms with Crippen LogP contribution < -0.4 is 0 Å². The van der Waals surface area contributed by atoms with E-state index in [1.807, 2.05) is 13.2 Å². The standard InChI is InChI=1S/C8H17N/c1-6-9(5)7-8(2,3)4/h6H,1,7H2,2-5H3. The third kappa shape index (κ3) is 5.41. The summed E-state index contributed by atoms with van der Waals surface area (Å²) in [6.07, 6.45) is 1.85. The highest BCUT2D eigenvalue weighted by molar-refractivity contribution is 4.73. The summed E-state index contributed by atoms with van der Waals surface area (Å²) in [5.74, 6) is 0. The topological polar surface area (TPSA) is 3.24 Å². The molecule has 0 N–H and O–H groups in total. The predicted octanol–water partition coefficient (Wildman–Crippen LogP) is 2.11. The van der Waals surface area contributed by atoms with Crippen molar-refractivity contribution in [2.24, 2.45) is 5.41 Å². The third-order valence-electron chi connectivity index (χ3n) is 1.04. The lowest BCUT2D eigenvalue weighted by Crippen LogP contribution is -2.24. The number of rotatable bonds is 2. The number of hydrogen-bond acceptors (Lipinski definition) is 1. The van der Waals surface area contributed by atoms with Gasteiger partial charge in [-0.2, -0.15) is 0 Å². The average Bonchev–Trinajstić information content (AvgIpc) is 1.62. The van der Waals surface area contributed by atoms with Crippen molar-refractivity contribution in [1.29, 1.82) is 0 Å². The van der Waals surface area contributed by atoms with E-state index < -0.39 is 0 Å². The summed E-state index contributed by atoms with van der Waals surface area (Å²) < 4.78 is 0. The van der Waals surface area contributed by atoms with Crippen molar-refractivity contribution in [3.63, 3.8) is 0 Å². The molecule has 0 aliphatic rings. The van der Waals surface area contributed by atoms with E-state index >= 15 is 0 Å². The monoisotopic (exact) mass is 127 g/mol. The van der Waals surface area contributed by atoms with Gasteiger partial charge in [0.05, 0.1) is 0 Å². The fourth-order valence-corrected chi connectivity index (χ4v) is 0.813. The maximum Gasteiger partial charge on any atom is 0.0217 e. The molecule has 1 nitrogen and oxygen atoms in total. The Hall–Kier alpha value is -0.460. The molecule has 0 aromatic rings. The molecular formula is C8H17N. The van der Waals surface area contributed by atoms with Crippen molar-refractivity contribution in [2.75, 3.05) is 13.6 Å². The van der Waals surface area contributed by atoms with Crippen LogP contribution >= 0.6 is 0 Å². The van der Waals surface area contributed by atoms with Gasteiger partial charge in [-0.15, -0.1) is 0 Å². The van der Waals surface area contributed by atoms with Gasteiger partial charge in [-0.1, -0.05) is 27.4 Å². The van der Waals surface area contributed by atoms with Crippen LogP contribution in [0.2, 0.25) is 0 Å². The van der Waals surface area contributed by atoms with Crippen LogP contribution in [0.25, 0.3) is 0 Å². The molecule has 0 spiro atoms. The molecule has 0 radical (unpaired) electrons. The molecule has 0 atom stereocenters. The molecule has 0 saturated carbocycles. The lowest BCUT2D eigenvalue weighted by atomic mass is 9.96. The van der Waals surface area contributed by atoms with Crippen molar-refractivity contribution in [3.8, 4) is 0 Å². The Labute approximate surface area is 58.4 Å². The summed E-state index contributed by atoms with van der Waals surface area (Å²) >= 11 is 0. The first-order chi connectivity index (χ1) is 3.95. The van der Waals surface area contributed by atoms with Gasteiger partial charge < -0.3 is 4.90 Å². The highest BCUT2D eigenvalue weighted by Gasteiger charge is 2.10. The summed E-state index contributed by atoms with van der Waals surface area (Å²) in [5.41, 5.74) is 0.378. The molecule has 0 unspecified atom stereocenters. The molecule has 0 fully saturated rings. The molecule has 9 heavy (non-hydrogen) atoms. The van der Waals surface area contributed by atoms with Crippen LogP contribution in [0.5, 0.6) is 0 Å². The van der Waals surface area contributed by atoms with E-state index in [1.165, 1.54) is 0 Å². The molecule has 0 aliphatic carbocycles. The van der Waals surface area contributed by atoms with Crippen LogP contribution in [0.15, 0.2) is 12.8 Å². The second kappa shape index (κ2) is 2.90. The molecule has 1 heteroatoms. The van der Waals surface area contributed by atoms with E-state index in [0.717, 1.165) is 6.54 Å². The summed E-state index contributed by atoms with van der Waals surface area (Å²) in [4.78, 5) is 2.10. The van der Waals surface area contributed by atoms with Crippen LogP contribution in [-0.2, 0) is 0 Å². The molecule has 0 bridgehead atoms. The fraction of sp³-hybridized carbons (Fsp3) is 0.750. The van der Waals surface area contributed by atoms with Crippen molar-refractivity contribution in [1.82, 2.24) is 4.90 Å². The lowest BCUT2D eigenvalue weighted by Gasteiger charge is -2.24. The van der Waals surface area contributed by atoms with Gasteiger partial charge in [0.25, 0.3) is 0 Å². The zero-order chi connectivity index (χ0) is 7.49. The first-order valence-corrected chi connectivity index (χ1v) is 3.28. The van der Waals surface area contributed by atoms with Crippen molar-refractivity contribution in [3.05, 3.63) is 12.8 Å². The third-order valence-corrected chi connectivity index (χ3v) is 1.04. The van der Waals surface area contributed by atoms with E-state index in [4.69, 9.17) is 0 Å². The summed E-state index contributed by atoms with van der Waals surface area (Å²) in [6.45, 7) is 11.4. The van der Waals surface area contributed by atoms with E-state index in [2.05, 4.69) is 32.3 Å². The van der Waals surface area contributed by atoms with Crippen LogP contribution in [-0.4, -0.2) is 18.5 Å². The molecule has 0 aliphatic heterocycles. The Balaban J connectivity index is 3.59. The quantitative estimate of drug-likeness (QED) is 0.549. The van der Waals surface area contributed by atoms with E-state index in [1.54, 1.807) is 0 Å². The van der Waals surface area contributed by atoms with E-state index in [9.17, 15) is 0 Å². The van der Waals surface area contributed by atoms with Crippen LogP contribution in [0.3, 0.4) is 0 Å². The van der Waals surface area contributed by atoms with Gasteiger partial charge in [-0.05, 0) is 11.6 Å². The smallest absolute Gasteiger partial charge is 0.0217 e. The summed E-state index contributed by atoms with van der Waals surface area (Å²) in [5, 5.41) is 0. The zero-order valence-electron chi connectivity index (χ0n) is 6.94. The maximum absolute atomic E-state index is 3.67. The summed E-state index contributed by atoms with van der Waals surface area (Å²) in [7, 11) is 2.04. The normalized spacial score (nSPS) is 11.1. The SMILES string of the molecule is C=CN(C)CC(C)(C)C. The van der Waals surface area contributed by atoms with Gasteiger partial charge in [0, 0.05) is 13.6 Å². The second-order valence-electron chi connectivity index (χ2n) is 3.66. The van der Waals surface area contributed by atoms with Crippen molar-refractivity contribution < 1.29 is 0 Å². The van der Waals surface area contributed by atoms with Gasteiger partial charge in [0.15, 0.2) is 0 Å². The molecule has 0 heterocycles. The highest BCUT2D eigenvalue weighted by Crippen LogP contribution is 2.13. The molecule has 0 aromatic heterocycles. The largest absolute Gasteiger partial charge is 0.380 e. The Kier molecular flexibility index (Phi) is 2.75. The number of nitrogens with zero attached hydrogens (tertiary/aromatic N) is 1. The minimum absolute atomic E-state index is 0.378. The molecule has 54 valence electrons. The molecule has 0 rings (SSSR count). The van der Waals surface area contributed by atoms with Crippen molar-refractivity contribution in [2.45, 2.75) is 20.8 Å². The number of hydrogen-bond donors (Lipinski definition) is 0. The molecule has 0 aromatic carbocycles. The van der Waals surface area contributed by atoms with Gasteiger partial charge in [0.1, 0.15) is 0 Å². The molecule has 0 saturated heterocycles. The Bertz CT molecular complexity index is 89.2. The van der Waals surface area contributed by atoms with Crippen LogP contribution in [0.1, 0.15) is 20.8 Å². The molecule has 0 amide bonds. The maximum atomic E-state index is 3.67.